The van der Waals surface area contributed by atoms with E-state index in [0.29, 0.717) is 11.0 Å². The highest BCUT2D eigenvalue weighted by Gasteiger charge is 2.40. The van der Waals surface area contributed by atoms with Crippen molar-refractivity contribution in [3.05, 3.63) is 23.9 Å². The van der Waals surface area contributed by atoms with Gasteiger partial charge in [0.1, 0.15) is 11.9 Å². The van der Waals surface area contributed by atoms with E-state index in [1.807, 2.05) is 12.1 Å². The summed E-state index contributed by atoms with van der Waals surface area (Å²) in [5, 5.41) is 12.2. The van der Waals surface area contributed by atoms with Crippen LogP contribution in [0.4, 0.5) is 5.82 Å². The second kappa shape index (κ2) is 4.01. The maximum Gasteiger partial charge on any atom is 0.128 e. The summed E-state index contributed by atoms with van der Waals surface area (Å²) in [5.74, 6) is 1.01. The van der Waals surface area contributed by atoms with Gasteiger partial charge in [0.2, 0.25) is 0 Å². The van der Waals surface area contributed by atoms with Crippen LogP contribution in [0.3, 0.4) is 0 Å². The predicted octanol–water partition coefficient (Wildman–Crippen LogP) is 1.14. The molecule has 4 nitrogen and oxygen atoms in total. The Morgan fingerprint density at radius 2 is 2.35 bits per heavy atom. The normalized spacial score (nSPS) is 27.6. The van der Waals surface area contributed by atoms with E-state index in [9.17, 15) is 0 Å². The molecule has 17 heavy (non-hydrogen) atoms. The van der Waals surface area contributed by atoms with Crippen molar-refractivity contribution in [1.29, 1.82) is 5.26 Å². The summed E-state index contributed by atoms with van der Waals surface area (Å²) in [4.78, 5) is 6.71. The maximum atomic E-state index is 8.75. The summed E-state index contributed by atoms with van der Waals surface area (Å²) in [5.41, 5.74) is 1.10. The van der Waals surface area contributed by atoms with Gasteiger partial charge in [0, 0.05) is 31.2 Å². The number of rotatable bonds is 1. The van der Waals surface area contributed by atoms with Crippen molar-refractivity contribution in [3.63, 3.8) is 0 Å². The van der Waals surface area contributed by atoms with Gasteiger partial charge in [-0.2, -0.15) is 5.26 Å². The zero-order chi connectivity index (χ0) is 11.7. The molecule has 2 saturated heterocycles. The monoisotopic (exact) mass is 228 g/mol. The lowest BCUT2D eigenvalue weighted by Crippen LogP contribution is -2.29. The van der Waals surface area contributed by atoms with Gasteiger partial charge in [-0.25, -0.2) is 4.98 Å². The van der Waals surface area contributed by atoms with Crippen molar-refractivity contribution in [3.8, 4) is 6.07 Å². The molecule has 0 aliphatic carbocycles. The van der Waals surface area contributed by atoms with Crippen LogP contribution < -0.4 is 10.2 Å². The Morgan fingerprint density at radius 3 is 3.00 bits per heavy atom. The second-order valence-electron chi connectivity index (χ2n) is 5.12. The third-order valence-electron chi connectivity index (χ3n) is 3.97. The lowest BCUT2D eigenvalue weighted by molar-refractivity contribution is 0.369. The lowest BCUT2D eigenvalue weighted by Gasteiger charge is -2.23. The topological polar surface area (TPSA) is 52.0 Å². The maximum absolute atomic E-state index is 8.75. The minimum Gasteiger partial charge on any atom is -0.356 e. The van der Waals surface area contributed by atoms with Gasteiger partial charge in [0.05, 0.1) is 5.56 Å². The van der Waals surface area contributed by atoms with Gasteiger partial charge in [-0.1, -0.05) is 0 Å². The van der Waals surface area contributed by atoms with E-state index in [4.69, 9.17) is 5.26 Å². The van der Waals surface area contributed by atoms with Crippen LogP contribution in [0.15, 0.2) is 18.3 Å². The minimum atomic E-state index is 0.468. The Labute approximate surface area is 101 Å². The third-order valence-corrected chi connectivity index (χ3v) is 3.97. The van der Waals surface area contributed by atoms with E-state index < -0.39 is 0 Å². The van der Waals surface area contributed by atoms with E-state index in [-0.39, 0.29) is 0 Å². The first-order valence-corrected chi connectivity index (χ1v) is 6.13. The standard InChI is InChI=1S/C13H16N4/c14-7-11-1-2-12(16-8-11)17-6-4-13(10-17)3-5-15-9-13/h1-2,8,15H,3-6,9-10H2. The molecule has 2 aliphatic heterocycles. The van der Waals surface area contributed by atoms with Gasteiger partial charge < -0.3 is 10.2 Å². The number of pyridine rings is 1. The molecule has 1 spiro atoms. The first-order valence-electron chi connectivity index (χ1n) is 6.13. The van der Waals surface area contributed by atoms with Crippen LogP contribution >= 0.6 is 0 Å². The first-order chi connectivity index (χ1) is 8.31. The SMILES string of the molecule is N#Cc1ccc(N2CCC3(CCNC3)C2)nc1. The van der Waals surface area contributed by atoms with Crippen LogP contribution in [0, 0.1) is 16.7 Å². The molecule has 2 fully saturated rings. The third kappa shape index (κ3) is 1.87. The summed E-state index contributed by atoms with van der Waals surface area (Å²) < 4.78 is 0. The zero-order valence-corrected chi connectivity index (χ0v) is 9.82. The lowest BCUT2D eigenvalue weighted by atomic mass is 9.87. The molecule has 2 aliphatic rings. The number of nitriles is 1. The summed E-state index contributed by atoms with van der Waals surface area (Å²) in [6.07, 6.45) is 4.19. The molecule has 88 valence electrons. The van der Waals surface area contributed by atoms with Crippen molar-refractivity contribution in [2.24, 2.45) is 5.41 Å². The van der Waals surface area contributed by atoms with Crippen LogP contribution in [0.2, 0.25) is 0 Å². The highest BCUT2D eigenvalue weighted by atomic mass is 15.2. The molecule has 0 aromatic carbocycles. The zero-order valence-electron chi connectivity index (χ0n) is 9.82. The van der Waals surface area contributed by atoms with Crippen LogP contribution in [0.1, 0.15) is 18.4 Å². The average molecular weight is 228 g/mol. The summed E-state index contributed by atoms with van der Waals surface area (Å²) in [6.45, 7) is 4.47. The van der Waals surface area contributed by atoms with E-state index in [2.05, 4.69) is 21.3 Å². The Hall–Kier alpha value is -1.60. The Bertz CT molecular complexity index is 439. The van der Waals surface area contributed by atoms with Crippen molar-refractivity contribution in [2.75, 3.05) is 31.1 Å². The molecule has 1 unspecified atom stereocenters. The van der Waals surface area contributed by atoms with Gasteiger partial charge in [-0.05, 0) is 31.5 Å². The smallest absolute Gasteiger partial charge is 0.128 e. The van der Waals surface area contributed by atoms with Gasteiger partial charge in [-0.15, -0.1) is 0 Å². The molecule has 1 atom stereocenters. The molecule has 3 rings (SSSR count). The largest absolute Gasteiger partial charge is 0.356 e. The predicted molar refractivity (Wildman–Crippen MR) is 65.7 cm³/mol. The minimum absolute atomic E-state index is 0.468. The molecule has 1 aromatic heterocycles. The molecule has 0 bridgehead atoms. The molecular weight excluding hydrogens is 212 g/mol. The molecule has 0 amide bonds. The fraction of sp³-hybridized carbons (Fsp3) is 0.538. The van der Waals surface area contributed by atoms with Crippen molar-refractivity contribution in [2.45, 2.75) is 12.8 Å². The van der Waals surface area contributed by atoms with Crippen molar-refractivity contribution >= 4 is 5.82 Å². The highest BCUT2D eigenvalue weighted by Crippen LogP contribution is 2.37. The van der Waals surface area contributed by atoms with Gasteiger partial charge in [0.25, 0.3) is 0 Å². The second-order valence-corrected chi connectivity index (χ2v) is 5.12. The average Bonchev–Trinajstić information content (AvgIpc) is 3.01. The molecule has 1 N–H and O–H groups in total. The molecule has 0 radical (unpaired) electrons. The molecular formula is C13H16N4. The molecule has 4 heteroatoms. The van der Waals surface area contributed by atoms with Crippen LogP contribution in [-0.2, 0) is 0 Å². The molecule has 3 heterocycles. The summed E-state index contributed by atoms with van der Waals surface area (Å²) >= 11 is 0. The fourth-order valence-corrected chi connectivity index (χ4v) is 2.91. The van der Waals surface area contributed by atoms with E-state index in [0.717, 1.165) is 32.0 Å². The number of nitrogens with one attached hydrogen (secondary N) is 1. The van der Waals surface area contributed by atoms with Gasteiger partial charge in [-0.3, -0.25) is 0 Å². The van der Waals surface area contributed by atoms with Crippen LogP contribution in [0.25, 0.3) is 0 Å². The Balaban J connectivity index is 1.75. The van der Waals surface area contributed by atoms with E-state index in [1.54, 1.807) is 6.20 Å². The van der Waals surface area contributed by atoms with Crippen molar-refractivity contribution in [1.82, 2.24) is 10.3 Å². The summed E-state index contributed by atoms with van der Waals surface area (Å²) in [7, 11) is 0. The van der Waals surface area contributed by atoms with Gasteiger partial charge in [0.15, 0.2) is 0 Å². The molecule has 0 saturated carbocycles. The Morgan fingerprint density at radius 1 is 1.41 bits per heavy atom. The fourth-order valence-electron chi connectivity index (χ4n) is 2.91. The van der Waals surface area contributed by atoms with Crippen molar-refractivity contribution < 1.29 is 0 Å². The Kier molecular flexibility index (Phi) is 2.49. The molecule has 1 aromatic rings. The number of anilines is 1. The number of aromatic nitrogens is 1. The van der Waals surface area contributed by atoms with Gasteiger partial charge >= 0.3 is 0 Å². The van der Waals surface area contributed by atoms with Crippen LogP contribution in [-0.4, -0.2) is 31.2 Å². The first kappa shape index (κ1) is 10.5. The highest BCUT2D eigenvalue weighted by molar-refractivity contribution is 5.43. The van der Waals surface area contributed by atoms with E-state index >= 15 is 0 Å². The number of nitrogens with zero attached hydrogens (tertiary/aromatic N) is 3. The van der Waals surface area contributed by atoms with Crippen LogP contribution in [0.5, 0.6) is 0 Å². The number of hydrogen-bond donors (Lipinski definition) is 1. The number of hydrogen-bond acceptors (Lipinski definition) is 4. The summed E-state index contributed by atoms with van der Waals surface area (Å²) in [6, 6.07) is 5.91. The van der Waals surface area contributed by atoms with E-state index in [1.165, 1.54) is 12.8 Å². The quantitative estimate of drug-likeness (QED) is 0.783.